The van der Waals surface area contributed by atoms with Gasteiger partial charge in [0.05, 0.1) is 4.92 Å². The van der Waals surface area contributed by atoms with Crippen LogP contribution in [-0.2, 0) is 0 Å². The van der Waals surface area contributed by atoms with E-state index < -0.39 is 0 Å². The Bertz CT molecular complexity index is 440. The number of nitrogens with one attached hydrogen (secondary N) is 1. The van der Waals surface area contributed by atoms with Gasteiger partial charge in [-0.3, -0.25) is 10.1 Å². The molecule has 0 radical (unpaired) electrons. The summed E-state index contributed by atoms with van der Waals surface area (Å²) in [5, 5.41) is 14.4. The molecule has 0 bridgehead atoms. The summed E-state index contributed by atoms with van der Waals surface area (Å²) in [5.74, 6) is 0. The van der Waals surface area contributed by atoms with Crippen LogP contribution < -0.4 is 11.1 Å². The highest BCUT2D eigenvalue weighted by atomic mass is 16.6. The van der Waals surface area contributed by atoms with Crippen molar-refractivity contribution in [2.45, 2.75) is 44.7 Å². The van der Waals surface area contributed by atoms with E-state index >= 15 is 0 Å². The number of hydrogen-bond donors (Lipinski definition) is 2. The number of nitrogens with zero attached hydrogens (tertiary/aromatic N) is 1. The van der Waals surface area contributed by atoms with Gasteiger partial charge >= 0.3 is 0 Å². The molecule has 98 valence electrons. The SMILES string of the molecule is Cc1cccc(NC2CCC(N)CC2)c1[N+](=O)[O-]. The molecular formula is C13H19N3O2. The standard InChI is InChI=1S/C13H19N3O2/c1-9-3-2-4-12(13(9)16(17)18)15-11-7-5-10(14)6-8-11/h2-4,10-11,15H,5-8,14H2,1H3. The predicted octanol–water partition coefficient (Wildman–Crippen LogP) is 2.59. The van der Waals surface area contributed by atoms with Crippen LogP contribution in [0, 0.1) is 17.0 Å². The molecule has 3 N–H and O–H groups in total. The lowest BCUT2D eigenvalue weighted by Gasteiger charge is -2.27. The monoisotopic (exact) mass is 249 g/mol. The van der Waals surface area contributed by atoms with Crippen molar-refractivity contribution >= 4 is 11.4 Å². The van der Waals surface area contributed by atoms with Crippen molar-refractivity contribution in [3.63, 3.8) is 0 Å². The zero-order chi connectivity index (χ0) is 13.1. The zero-order valence-corrected chi connectivity index (χ0v) is 10.6. The number of nitro benzene ring substituents is 1. The van der Waals surface area contributed by atoms with E-state index in [1.54, 1.807) is 19.1 Å². The van der Waals surface area contributed by atoms with Crippen LogP contribution in [0.3, 0.4) is 0 Å². The van der Waals surface area contributed by atoms with Crippen molar-refractivity contribution in [3.05, 3.63) is 33.9 Å². The van der Waals surface area contributed by atoms with Crippen molar-refractivity contribution < 1.29 is 4.92 Å². The van der Waals surface area contributed by atoms with Gasteiger partial charge in [0, 0.05) is 17.6 Å². The summed E-state index contributed by atoms with van der Waals surface area (Å²) in [6.07, 6.45) is 3.92. The van der Waals surface area contributed by atoms with Crippen LogP contribution in [0.1, 0.15) is 31.2 Å². The van der Waals surface area contributed by atoms with E-state index in [9.17, 15) is 10.1 Å². The van der Waals surface area contributed by atoms with Crippen LogP contribution in [0.15, 0.2) is 18.2 Å². The average molecular weight is 249 g/mol. The second kappa shape index (κ2) is 5.35. The van der Waals surface area contributed by atoms with Gasteiger partial charge in [-0.15, -0.1) is 0 Å². The van der Waals surface area contributed by atoms with Crippen molar-refractivity contribution in [3.8, 4) is 0 Å². The maximum atomic E-state index is 11.1. The van der Waals surface area contributed by atoms with Crippen LogP contribution in [0.2, 0.25) is 0 Å². The Morgan fingerprint density at radius 2 is 2.00 bits per heavy atom. The molecule has 1 fully saturated rings. The maximum Gasteiger partial charge on any atom is 0.295 e. The first-order chi connectivity index (χ1) is 8.58. The molecule has 0 saturated heterocycles. The van der Waals surface area contributed by atoms with Gasteiger partial charge in [-0.05, 0) is 38.7 Å². The molecule has 0 atom stereocenters. The molecule has 5 nitrogen and oxygen atoms in total. The Hall–Kier alpha value is -1.62. The second-order valence-corrected chi connectivity index (χ2v) is 4.98. The number of nitro groups is 1. The lowest BCUT2D eigenvalue weighted by molar-refractivity contribution is -0.384. The summed E-state index contributed by atoms with van der Waals surface area (Å²) in [6.45, 7) is 1.76. The van der Waals surface area contributed by atoms with Crippen molar-refractivity contribution in [1.29, 1.82) is 0 Å². The Labute approximate surface area is 107 Å². The Balaban J connectivity index is 2.14. The minimum absolute atomic E-state index is 0.187. The molecule has 18 heavy (non-hydrogen) atoms. The van der Waals surface area contributed by atoms with Crippen molar-refractivity contribution in [2.24, 2.45) is 5.73 Å². The molecule has 5 heteroatoms. The van der Waals surface area contributed by atoms with Crippen molar-refractivity contribution in [1.82, 2.24) is 0 Å². The zero-order valence-electron chi connectivity index (χ0n) is 10.6. The van der Waals surface area contributed by atoms with E-state index in [1.807, 2.05) is 6.07 Å². The van der Waals surface area contributed by atoms with Gasteiger partial charge in [0.15, 0.2) is 0 Å². The summed E-state index contributed by atoms with van der Waals surface area (Å²) in [4.78, 5) is 10.8. The quantitative estimate of drug-likeness (QED) is 0.637. The van der Waals surface area contributed by atoms with Gasteiger partial charge in [-0.1, -0.05) is 12.1 Å². The third kappa shape index (κ3) is 2.79. The van der Waals surface area contributed by atoms with E-state index in [4.69, 9.17) is 5.73 Å². The normalized spacial score (nSPS) is 23.7. The molecule has 0 aliphatic heterocycles. The van der Waals surface area contributed by atoms with Gasteiger partial charge < -0.3 is 11.1 Å². The van der Waals surface area contributed by atoms with E-state index in [1.165, 1.54) is 0 Å². The predicted molar refractivity (Wildman–Crippen MR) is 71.7 cm³/mol. The summed E-state index contributed by atoms with van der Waals surface area (Å²) < 4.78 is 0. The van der Waals surface area contributed by atoms with E-state index in [2.05, 4.69) is 5.32 Å². The topological polar surface area (TPSA) is 81.2 Å². The lowest BCUT2D eigenvalue weighted by atomic mass is 9.91. The molecule has 0 spiro atoms. The lowest BCUT2D eigenvalue weighted by Crippen LogP contribution is -2.32. The first-order valence-electron chi connectivity index (χ1n) is 6.34. The fourth-order valence-electron chi connectivity index (χ4n) is 2.50. The number of rotatable bonds is 3. The van der Waals surface area contributed by atoms with Gasteiger partial charge in [0.1, 0.15) is 5.69 Å². The highest BCUT2D eigenvalue weighted by Crippen LogP contribution is 2.30. The first-order valence-corrected chi connectivity index (χ1v) is 6.34. The number of nitrogens with two attached hydrogens (primary N) is 1. The van der Waals surface area contributed by atoms with Crippen LogP contribution in [0.5, 0.6) is 0 Å². The largest absolute Gasteiger partial charge is 0.377 e. The molecular weight excluding hydrogens is 230 g/mol. The van der Waals surface area contributed by atoms with Gasteiger partial charge in [0.2, 0.25) is 0 Å². The molecule has 0 amide bonds. The molecule has 1 aromatic rings. The molecule has 0 heterocycles. The molecule has 1 aliphatic carbocycles. The second-order valence-electron chi connectivity index (χ2n) is 4.98. The number of anilines is 1. The van der Waals surface area contributed by atoms with E-state index in [0.29, 0.717) is 17.3 Å². The summed E-state index contributed by atoms with van der Waals surface area (Å²) in [5.41, 5.74) is 7.36. The molecule has 1 aliphatic rings. The molecule has 1 aromatic carbocycles. The minimum Gasteiger partial charge on any atom is -0.377 e. The number of para-hydroxylation sites is 1. The first kappa shape index (κ1) is 12.8. The number of hydrogen-bond acceptors (Lipinski definition) is 4. The summed E-state index contributed by atoms with van der Waals surface area (Å²) >= 11 is 0. The number of benzene rings is 1. The van der Waals surface area contributed by atoms with Gasteiger partial charge in [-0.2, -0.15) is 0 Å². The highest BCUT2D eigenvalue weighted by Gasteiger charge is 2.22. The Kier molecular flexibility index (Phi) is 3.81. The fourth-order valence-corrected chi connectivity index (χ4v) is 2.50. The molecule has 0 unspecified atom stereocenters. The average Bonchev–Trinajstić information content (AvgIpc) is 2.32. The third-order valence-electron chi connectivity index (χ3n) is 3.55. The highest BCUT2D eigenvalue weighted by molar-refractivity contribution is 5.65. The van der Waals surface area contributed by atoms with Crippen molar-refractivity contribution in [2.75, 3.05) is 5.32 Å². The summed E-state index contributed by atoms with van der Waals surface area (Å²) in [6, 6.07) is 5.97. The molecule has 1 saturated carbocycles. The third-order valence-corrected chi connectivity index (χ3v) is 3.55. The van der Waals surface area contributed by atoms with E-state index in [0.717, 1.165) is 25.7 Å². The molecule has 0 aromatic heterocycles. The minimum atomic E-state index is -0.313. The smallest absolute Gasteiger partial charge is 0.295 e. The number of aryl methyl sites for hydroxylation is 1. The van der Waals surface area contributed by atoms with E-state index in [-0.39, 0.29) is 16.7 Å². The molecule has 2 rings (SSSR count). The van der Waals surface area contributed by atoms with Gasteiger partial charge in [-0.25, -0.2) is 0 Å². The Morgan fingerprint density at radius 3 is 2.61 bits per heavy atom. The summed E-state index contributed by atoms with van der Waals surface area (Å²) in [7, 11) is 0. The van der Waals surface area contributed by atoms with Crippen LogP contribution in [0.25, 0.3) is 0 Å². The van der Waals surface area contributed by atoms with Crippen LogP contribution >= 0.6 is 0 Å². The van der Waals surface area contributed by atoms with Gasteiger partial charge in [0.25, 0.3) is 5.69 Å². The fraction of sp³-hybridized carbons (Fsp3) is 0.538. The van der Waals surface area contributed by atoms with Crippen LogP contribution in [0.4, 0.5) is 11.4 Å². The van der Waals surface area contributed by atoms with Crippen LogP contribution in [-0.4, -0.2) is 17.0 Å². The maximum absolute atomic E-state index is 11.1. The Morgan fingerprint density at radius 1 is 1.33 bits per heavy atom.